The Kier molecular flexibility index (Phi) is 3.38. The number of methoxy groups -OCH3 is 1. The van der Waals surface area contributed by atoms with Gasteiger partial charge < -0.3 is 9.72 Å². The number of ether oxygens (including phenoxy) is 1. The molecule has 2 aromatic rings. The molecule has 21 heavy (non-hydrogen) atoms. The van der Waals surface area contributed by atoms with Gasteiger partial charge in [-0.2, -0.15) is 0 Å². The number of piperidine rings is 2. The third-order valence-corrected chi connectivity index (χ3v) is 5.47. The third-order valence-electron chi connectivity index (χ3n) is 5.47. The molecule has 2 aliphatic heterocycles. The minimum absolute atomic E-state index is 0.856. The summed E-state index contributed by atoms with van der Waals surface area (Å²) in [5, 5.41) is 1.32. The predicted octanol–water partition coefficient (Wildman–Crippen LogP) is 3.59. The van der Waals surface area contributed by atoms with E-state index in [1.54, 1.807) is 7.11 Å². The lowest BCUT2D eigenvalue weighted by Crippen LogP contribution is -2.48. The molecule has 1 N–H and O–H groups in total. The maximum atomic E-state index is 5.36. The molecule has 3 heterocycles. The molecular weight excluding hydrogens is 260 g/mol. The van der Waals surface area contributed by atoms with Crippen molar-refractivity contribution >= 4 is 10.9 Å². The average Bonchev–Trinajstić information content (AvgIpc) is 2.96. The molecule has 3 fully saturated rings. The van der Waals surface area contributed by atoms with Crippen LogP contribution in [0.1, 0.15) is 31.2 Å². The number of hydrogen-bond donors (Lipinski definition) is 1. The van der Waals surface area contributed by atoms with Crippen LogP contribution in [0, 0.1) is 5.92 Å². The first kappa shape index (κ1) is 13.2. The fourth-order valence-corrected chi connectivity index (χ4v) is 4.20. The lowest BCUT2D eigenvalue weighted by Gasteiger charge is -2.45. The van der Waals surface area contributed by atoms with Gasteiger partial charge in [0.05, 0.1) is 7.11 Å². The van der Waals surface area contributed by atoms with Crippen molar-refractivity contribution in [3.63, 3.8) is 0 Å². The SMILES string of the molecule is COc1ccc2[nH]cc(CCN3CC4CCC3CC4)c2c1. The van der Waals surface area contributed by atoms with Crippen LogP contribution in [-0.2, 0) is 6.42 Å². The van der Waals surface area contributed by atoms with Crippen LogP contribution >= 0.6 is 0 Å². The molecule has 2 bridgehead atoms. The van der Waals surface area contributed by atoms with E-state index in [2.05, 4.69) is 28.2 Å². The summed E-state index contributed by atoms with van der Waals surface area (Å²) < 4.78 is 5.36. The number of aromatic nitrogens is 1. The van der Waals surface area contributed by atoms with Gasteiger partial charge in [0, 0.05) is 36.2 Å². The molecule has 2 saturated heterocycles. The topological polar surface area (TPSA) is 28.3 Å². The van der Waals surface area contributed by atoms with E-state index in [4.69, 9.17) is 4.74 Å². The van der Waals surface area contributed by atoms with Gasteiger partial charge in [0.15, 0.2) is 0 Å². The Morgan fingerprint density at radius 2 is 2.10 bits per heavy atom. The molecule has 0 radical (unpaired) electrons. The number of aromatic amines is 1. The fraction of sp³-hybridized carbons (Fsp3) is 0.556. The van der Waals surface area contributed by atoms with Crippen LogP contribution in [0.3, 0.4) is 0 Å². The zero-order valence-corrected chi connectivity index (χ0v) is 12.8. The van der Waals surface area contributed by atoms with Crippen LogP contribution in [0.2, 0.25) is 0 Å². The van der Waals surface area contributed by atoms with Gasteiger partial charge in [0.2, 0.25) is 0 Å². The molecule has 0 atom stereocenters. The first-order chi connectivity index (χ1) is 10.3. The Balaban J connectivity index is 1.49. The van der Waals surface area contributed by atoms with Crippen LogP contribution in [0.15, 0.2) is 24.4 Å². The minimum Gasteiger partial charge on any atom is -0.497 e. The third kappa shape index (κ3) is 2.44. The van der Waals surface area contributed by atoms with Gasteiger partial charge >= 0.3 is 0 Å². The number of hydrogen-bond acceptors (Lipinski definition) is 2. The van der Waals surface area contributed by atoms with Crippen LogP contribution in [-0.4, -0.2) is 36.1 Å². The summed E-state index contributed by atoms with van der Waals surface area (Å²) >= 11 is 0. The second-order valence-corrected chi connectivity index (χ2v) is 6.64. The number of H-pyrrole nitrogens is 1. The van der Waals surface area contributed by atoms with Crippen LogP contribution < -0.4 is 4.74 Å². The average molecular weight is 284 g/mol. The highest BCUT2D eigenvalue weighted by molar-refractivity contribution is 5.84. The van der Waals surface area contributed by atoms with Crippen molar-refractivity contribution in [2.24, 2.45) is 5.92 Å². The Bertz CT molecular complexity index is 625. The van der Waals surface area contributed by atoms with Crippen molar-refractivity contribution in [2.45, 2.75) is 38.1 Å². The minimum atomic E-state index is 0.856. The van der Waals surface area contributed by atoms with Crippen molar-refractivity contribution in [3.8, 4) is 5.75 Å². The van der Waals surface area contributed by atoms with Crippen molar-refractivity contribution in [1.82, 2.24) is 9.88 Å². The molecule has 1 aliphatic carbocycles. The zero-order chi connectivity index (χ0) is 14.2. The maximum Gasteiger partial charge on any atom is 0.119 e. The number of rotatable bonds is 4. The van der Waals surface area contributed by atoms with E-state index in [1.807, 2.05) is 6.07 Å². The first-order valence-corrected chi connectivity index (χ1v) is 8.21. The summed E-state index contributed by atoms with van der Waals surface area (Å²) in [7, 11) is 1.73. The van der Waals surface area contributed by atoms with Crippen LogP contribution in [0.5, 0.6) is 5.75 Å². The number of nitrogens with zero attached hydrogens (tertiary/aromatic N) is 1. The quantitative estimate of drug-likeness (QED) is 0.929. The maximum absolute atomic E-state index is 5.36. The Hall–Kier alpha value is -1.48. The fourth-order valence-electron chi connectivity index (χ4n) is 4.20. The molecule has 112 valence electrons. The van der Waals surface area contributed by atoms with E-state index in [1.165, 1.54) is 55.2 Å². The number of nitrogens with one attached hydrogen (secondary N) is 1. The summed E-state index contributed by atoms with van der Waals surface area (Å²) in [5.74, 6) is 1.92. The largest absolute Gasteiger partial charge is 0.497 e. The Morgan fingerprint density at radius 3 is 2.81 bits per heavy atom. The molecular formula is C18H24N2O. The second kappa shape index (κ2) is 5.38. The zero-order valence-electron chi connectivity index (χ0n) is 12.8. The van der Waals surface area contributed by atoms with E-state index in [-0.39, 0.29) is 0 Å². The van der Waals surface area contributed by atoms with Crippen LogP contribution in [0.4, 0.5) is 0 Å². The molecule has 1 saturated carbocycles. The molecule has 3 heteroatoms. The number of fused-ring (bicyclic) bond motifs is 4. The van der Waals surface area contributed by atoms with Crippen molar-refractivity contribution in [2.75, 3.05) is 20.2 Å². The highest BCUT2D eigenvalue weighted by atomic mass is 16.5. The van der Waals surface area contributed by atoms with E-state index in [0.717, 1.165) is 24.1 Å². The van der Waals surface area contributed by atoms with Crippen molar-refractivity contribution in [1.29, 1.82) is 0 Å². The molecule has 1 aromatic carbocycles. The van der Waals surface area contributed by atoms with E-state index in [9.17, 15) is 0 Å². The highest BCUT2D eigenvalue weighted by Gasteiger charge is 2.33. The monoisotopic (exact) mass is 284 g/mol. The van der Waals surface area contributed by atoms with Gasteiger partial charge in [0.25, 0.3) is 0 Å². The Labute approximate surface area is 126 Å². The summed E-state index contributed by atoms with van der Waals surface area (Å²) in [6.45, 7) is 2.53. The van der Waals surface area contributed by atoms with E-state index in [0.29, 0.717) is 0 Å². The summed E-state index contributed by atoms with van der Waals surface area (Å²) in [5.41, 5.74) is 2.64. The highest BCUT2D eigenvalue weighted by Crippen LogP contribution is 2.35. The molecule has 5 rings (SSSR count). The predicted molar refractivity (Wildman–Crippen MR) is 85.9 cm³/mol. The van der Waals surface area contributed by atoms with E-state index < -0.39 is 0 Å². The first-order valence-electron chi connectivity index (χ1n) is 8.21. The molecule has 1 aromatic heterocycles. The van der Waals surface area contributed by atoms with Gasteiger partial charge in [-0.05, 0) is 61.8 Å². The molecule has 3 aliphatic rings. The van der Waals surface area contributed by atoms with Gasteiger partial charge in [-0.1, -0.05) is 0 Å². The lowest BCUT2D eigenvalue weighted by atomic mass is 9.80. The summed E-state index contributed by atoms with van der Waals surface area (Å²) in [6, 6.07) is 7.14. The van der Waals surface area contributed by atoms with Gasteiger partial charge in [0.1, 0.15) is 5.75 Å². The van der Waals surface area contributed by atoms with Crippen molar-refractivity contribution in [3.05, 3.63) is 30.0 Å². The second-order valence-electron chi connectivity index (χ2n) is 6.64. The van der Waals surface area contributed by atoms with Gasteiger partial charge in [-0.3, -0.25) is 4.90 Å². The smallest absolute Gasteiger partial charge is 0.119 e. The van der Waals surface area contributed by atoms with E-state index >= 15 is 0 Å². The van der Waals surface area contributed by atoms with Gasteiger partial charge in [-0.15, -0.1) is 0 Å². The molecule has 0 spiro atoms. The Morgan fingerprint density at radius 1 is 1.24 bits per heavy atom. The molecule has 3 nitrogen and oxygen atoms in total. The number of benzene rings is 1. The van der Waals surface area contributed by atoms with Crippen molar-refractivity contribution < 1.29 is 4.74 Å². The normalized spacial score (nSPS) is 25.6. The lowest BCUT2D eigenvalue weighted by molar-refractivity contribution is 0.0502. The standard InChI is InChI=1S/C18H24N2O/c1-21-16-6-7-18-17(10-16)14(11-19-18)8-9-20-12-13-2-4-15(20)5-3-13/h6-7,10-11,13,15,19H,2-5,8-9,12H2,1H3. The summed E-state index contributed by atoms with van der Waals surface area (Å²) in [4.78, 5) is 6.12. The molecule has 0 amide bonds. The molecule has 0 unspecified atom stereocenters. The summed E-state index contributed by atoms with van der Waals surface area (Å²) in [6.07, 6.45) is 9.08. The van der Waals surface area contributed by atoms with Crippen LogP contribution in [0.25, 0.3) is 10.9 Å². The van der Waals surface area contributed by atoms with Gasteiger partial charge in [-0.25, -0.2) is 0 Å².